The Morgan fingerprint density at radius 1 is 1.33 bits per heavy atom. The van der Waals surface area contributed by atoms with Crippen molar-refractivity contribution >= 4 is 39.9 Å². The van der Waals surface area contributed by atoms with Gasteiger partial charge in [0.1, 0.15) is 17.4 Å². The van der Waals surface area contributed by atoms with Gasteiger partial charge in [0.25, 0.3) is 5.91 Å². The lowest BCUT2D eigenvalue weighted by Crippen LogP contribution is -2.17. The van der Waals surface area contributed by atoms with Crippen LogP contribution in [0.5, 0.6) is 5.75 Å². The van der Waals surface area contributed by atoms with E-state index in [0.717, 1.165) is 11.3 Å². The van der Waals surface area contributed by atoms with Crippen LogP contribution in [0.1, 0.15) is 21.7 Å². The van der Waals surface area contributed by atoms with E-state index < -0.39 is 5.91 Å². The van der Waals surface area contributed by atoms with Crippen LogP contribution in [0, 0.1) is 6.92 Å². The molecular weight excluding hydrogens is 386 g/mol. The number of nitrogens with zero attached hydrogens (tertiary/aromatic N) is 2. The summed E-state index contributed by atoms with van der Waals surface area (Å²) in [6.07, 6.45) is 0. The molecule has 2 heterocycles. The summed E-state index contributed by atoms with van der Waals surface area (Å²) in [7, 11) is 0. The van der Waals surface area contributed by atoms with Crippen LogP contribution in [0.15, 0.2) is 40.9 Å². The third kappa shape index (κ3) is 5.08. The van der Waals surface area contributed by atoms with E-state index in [4.69, 9.17) is 10.5 Å². The summed E-state index contributed by atoms with van der Waals surface area (Å²) in [5.74, 6) is 0.601. The van der Waals surface area contributed by atoms with Crippen LogP contribution in [0.2, 0.25) is 0 Å². The van der Waals surface area contributed by atoms with Crippen molar-refractivity contribution in [1.29, 1.82) is 0 Å². The molecule has 3 rings (SSSR count). The first-order chi connectivity index (χ1) is 13.0. The van der Waals surface area contributed by atoms with Crippen LogP contribution in [0.4, 0.5) is 5.00 Å². The predicted molar refractivity (Wildman–Crippen MR) is 104 cm³/mol. The van der Waals surface area contributed by atoms with Gasteiger partial charge in [0.15, 0.2) is 5.82 Å². The number of primary amides is 1. The van der Waals surface area contributed by atoms with E-state index in [-0.39, 0.29) is 18.3 Å². The molecule has 0 bridgehead atoms. The first kappa shape index (κ1) is 18.9. The Bertz CT molecular complexity index is 953. The monoisotopic (exact) mass is 403 g/mol. The summed E-state index contributed by atoms with van der Waals surface area (Å²) in [5, 5.41) is 12.1. The van der Waals surface area contributed by atoms with Gasteiger partial charge < -0.3 is 15.8 Å². The van der Waals surface area contributed by atoms with Crippen LogP contribution in [-0.2, 0) is 11.4 Å². The third-order valence-electron chi connectivity index (χ3n) is 3.49. The molecule has 0 spiro atoms. The minimum absolute atomic E-state index is 0.103. The van der Waals surface area contributed by atoms with E-state index in [9.17, 15) is 9.59 Å². The number of hydrogen-bond donors (Lipinski definition) is 3. The topological polar surface area (TPSA) is 123 Å². The molecule has 27 heavy (non-hydrogen) atoms. The number of carbonyl (C=O) groups is 2. The number of nitrogens with two attached hydrogens (primary N) is 1. The lowest BCUT2D eigenvalue weighted by molar-refractivity contribution is -0.113. The van der Waals surface area contributed by atoms with Gasteiger partial charge in [-0.05, 0) is 30.0 Å². The van der Waals surface area contributed by atoms with Crippen LogP contribution in [0.3, 0.4) is 0 Å². The average molecular weight is 403 g/mol. The lowest BCUT2D eigenvalue weighted by atomic mass is 10.2. The molecule has 140 valence electrons. The molecule has 2 amide bonds. The molecule has 0 saturated carbocycles. The average Bonchev–Trinajstić information content (AvgIpc) is 3.28. The van der Waals surface area contributed by atoms with Crippen molar-refractivity contribution in [1.82, 2.24) is 15.2 Å². The molecule has 10 heteroatoms. The highest BCUT2D eigenvalue weighted by Crippen LogP contribution is 2.23. The van der Waals surface area contributed by atoms with Crippen molar-refractivity contribution in [2.24, 2.45) is 5.73 Å². The summed E-state index contributed by atoms with van der Waals surface area (Å²) >= 11 is 2.42. The minimum atomic E-state index is -0.577. The number of aromatic nitrogens is 3. The zero-order chi connectivity index (χ0) is 19.2. The van der Waals surface area contributed by atoms with E-state index in [1.165, 1.54) is 23.1 Å². The Kier molecular flexibility index (Phi) is 6.09. The van der Waals surface area contributed by atoms with E-state index in [1.807, 2.05) is 31.2 Å². The number of aryl methyl sites for hydroxylation is 1. The van der Waals surface area contributed by atoms with Crippen molar-refractivity contribution in [3.8, 4) is 5.75 Å². The predicted octanol–water partition coefficient (Wildman–Crippen LogP) is 2.58. The number of H-pyrrole nitrogens is 1. The molecule has 2 aromatic heterocycles. The van der Waals surface area contributed by atoms with E-state index in [2.05, 4.69) is 20.5 Å². The second-order valence-corrected chi connectivity index (χ2v) is 7.34. The Hall–Kier alpha value is -2.85. The number of hydrogen-bond acceptors (Lipinski definition) is 7. The zero-order valence-corrected chi connectivity index (χ0v) is 16.0. The number of rotatable bonds is 8. The number of aromatic amines is 1. The number of benzene rings is 1. The Morgan fingerprint density at radius 3 is 2.93 bits per heavy atom. The molecule has 8 nitrogen and oxygen atoms in total. The lowest BCUT2D eigenvalue weighted by Gasteiger charge is -2.06. The molecule has 0 saturated heterocycles. The number of nitrogens with one attached hydrogen (secondary N) is 2. The highest BCUT2D eigenvalue weighted by atomic mass is 32.2. The van der Waals surface area contributed by atoms with Crippen molar-refractivity contribution in [2.75, 3.05) is 11.1 Å². The first-order valence-electron chi connectivity index (χ1n) is 7.92. The van der Waals surface area contributed by atoms with Gasteiger partial charge in [-0.2, -0.15) is 0 Å². The molecule has 0 fully saturated rings. The number of ether oxygens (including phenoxy) is 1. The smallest absolute Gasteiger partial charge is 0.251 e. The quantitative estimate of drug-likeness (QED) is 0.497. The molecule has 0 radical (unpaired) electrons. The van der Waals surface area contributed by atoms with Gasteiger partial charge >= 0.3 is 0 Å². The zero-order valence-electron chi connectivity index (χ0n) is 14.4. The second kappa shape index (κ2) is 8.69. The number of para-hydroxylation sites is 1. The highest BCUT2D eigenvalue weighted by molar-refractivity contribution is 7.99. The van der Waals surface area contributed by atoms with Gasteiger partial charge in [0.05, 0.1) is 11.3 Å². The first-order valence-corrected chi connectivity index (χ1v) is 9.79. The summed E-state index contributed by atoms with van der Waals surface area (Å²) in [5.41, 5.74) is 6.59. The Labute approximate surface area is 163 Å². The van der Waals surface area contributed by atoms with Crippen molar-refractivity contribution in [3.05, 3.63) is 52.7 Å². The molecular formula is C17H17N5O3S2. The molecule has 3 aromatic rings. The molecule has 0 aliphatic carbocycles. The highest BCUT2D eigenvalue weighted by Gasteiger charge is 2.14. The van der Waals surface area contributed by atoms with Gasteiger partial charge in [-0.25, -0.2) is 4.98 Å². The molecule has 1 aromatic carbocycles. The van der Waals surface area contributed by atoms with Gasteiger partial charge in [-0.15, -0.1) is 16.4 Å². The van der Waals surface area contributed by atoms with Crippen molar-refractivity contribution in [3.63, 3.8) is 0 Å². The largest absolute Gasteiger partial charge is 0.485 e. The summed E-state index contributed by atoms with van der Waals surface area (Å²) in [6, 6.07) is 9.27. The SMILES string of the molecule is Cc1ccccc1OCc1nc(SCC(=O)Nc2sccc2C(N)=O)n[nH]1. The Morgan fingerprint density at radius 2 is 2.15 bits per heavy atom. The number of thiophene rings is 1. The summed E-state index contributed by atoms with van der Waals surface area (Å²) in [4.78, 5) is 27.6. The number of anilines is 1. The van der Waals surface area contributed by atoms with Crippen LogP contribution < -0.4 is 15.8 Å². The molecule has 0 aliphatic heterocycles. The van der Waals surface area contributed by atoms with Gasteiger partial charge in [-0.3, -0.25) is 14.7 Å². The van der Waals surface area contributed by atoms with E-state index >= 15 is 0 Å². The summed E-state index contributed by atoms with van der Waals surface area (Å²) in [6.45, 7) is 2.22. The minimum Gasteiger partial charge on any atom is -0.485 e. The van der Waals surface area contributed by atoms with E-state index in [1.54, 1.807) is 11.4 Å². The second-order valence-electron chi connectivity index (χ2n) is 5.48. The van der Waals surface area contributed by atoms with Crippen LogP contribution in [0.25, 0.3) is 0 Å². The maximum atomic E-state index is 12.0. The fourth-order valence-electron chi connectivity index (χ4n) is 2.16. The summed E-state index contributed by atoms with van der Waals surface area (Å²) < 4.78 is 5.70. The maximum absolute atomic E-state index is 12.0. The van der Waals surface area contributed by atoms with Crippen molar-refractivity contribution < 1.29 is 14.3 Å². The third-order valence-corrected chi connectivity index (χ3v) is 5.16. The Balaban J connectivity index is 1.49. The van der Waals surface area contributed by atoms with Crippen molar-refractivity contribution in [2.45, 2.75) is 18.7 Å². The molecule has 4 N–H and O–H groups in total. The van der Waals surface area contributed by atoms with Crippen LogP contribution in [-0.4, -0.2) is 32.7 Å². The standard InChI is InChI=1S/C17H17N5O3S2/c1-10-4-2-3-5-12(10)25-8-13-19-17(22-21-13)27-9-14(23)20-16-11(15(18)24)6-7-26-16/h2-7H,8-9H2,1H3,(H2,18,24)(H,20,23)(H,19,21,22). The fraction of sp³-hybridized carbons (Fsp3) is 0.176. The van der Waals surface area contributed by atoms with Gasteiger partial charge in [-0.1, -0.05) is 30.0 Å². The molecule has 0 aliphatic rings. The molecule has 0 atom stereocenters. The fourth-order valence-corrected chi connectivity index (χ4v) is 3.59. The maximum Gasteiger partial charge on any atom is 0.251 e. The molecule has 0 unspecified atom stereocenters. The van der Waals surface area contributed by atoms with E-state index in [0.29, 0.717) is 21.5 Å². The van der Waals surface area contributed by atoms with Gasteiger partial charge in [0.2, 0.25) is 11.1 Å². The van der Waals surface area contributed by atoms with Crippen LogP contribution >= 0.6 is 23.1 Å². The number of carbonyl (C=O) groups excluding carboxylic acids is 2. The number of thioether (sulfide) groups is 1. The normalized spacial score (nSPS) is 10.6. The number of amides is 2. The van der Waals surface area contributed by atoms with Gasteiger partial charge in [0, 0.05) is 0 Å².